The standard InChI is InChI=1S/C20H24N2O5/c1-12-8-9-15(22-17(23)13-6-4-5-7-13)16(10-12)21-11-14-18(24)26-20(2,3)27-19(14)25/h8-11,13,21H,4-7H2,1-3H3,(H,22,23). The fourth-order valence-electron chi connectivity index (χ4n) is 3.24. The molecule has 3 rings (SSSR count). The first-order valence-electron chi connectivity index (χ1n) is 9.10. The van der Waals surface area contributed by atoms with E-state index in [0.717, 1.165) is 31.2 Å². The number of hydrogen-bond acceptors (Lipinski definition) is 6. The zero-order chi connectivity index (χ0) is 19.6. The number of nitrogens with one attached hydrogen (secondary N) is 2. The normalized spacial score (nSPS) is 19.3. The number of carbonyl (C=O) groups is 3. The highest BCUT2D eigenvalue weighted by Crippen LogP contribution is 2.29. The Morgan fingerprint density at radius 3 is 2.37 bits per heavy atom. The van der Waals surface area contributed by atoms with Gasteiger partial charge in [0, 0.05) is 26.0 Å². The minimum atomic E-state index is -1.28. The number of rotatable bonds is 4. The highest BCUT2D eigenvalue weighted by Gasteiger charge is 2.39. The smallest absolute Gasteiger partial charge is 0.350 e. The van der Waals surface area contributed by atoms with Gasteiger partial charge in [0.15, 0.2) is 5.57 Å². The third kappa shape index (κ3) is 4.48. The van der Waals surface area contributed by atoms with E-state index in [9.17, 15) is 14.4 Å². The van der Waals surface area contributed by atoms with Gasteiger partial charge in [-0.2, -0.15) is 0 Å². The molecule has 2 aliphatic rings. The molecule has 0 aromatic heterocycles. The molecule has 2 fully saturated rings. The number of ether oxygens (including phenoxy) is 2. The number of hydrogen-bond donors (Lipinski definition) is 2. The summed E-state index contributed by atoms with van der Waals surface area (Å²) in [6.07, 6.45) is 5.20. The van der Waals surface area contributed by atoms with E-state index in [-0.39, 0.29) is 17.4 Å². The molecule has 1 amide bonds. The molecule has 2 N–H and O–H groups in total. The first-order valence-corrected chi connectivity index (χ1v) is 9.10. The Bertz CT molecular complexity index is 785. The lowest BCUT2D eigenvalue weighted by Crippen LogP contribution is -2.42. The average molecular weight is 372 g/mol. The summed E-state index contributed by atoms with van der Waals surface area (Å²) < 4.78 is 10.1. The lowest BCUT2D eigenvalue weighted by molar-refractivity contribution is -0.222. The van der Waals surface area contributed by atoms with E-state index in [4.69, 9.17) is 9.47 Å². The first-order chi connectivity index (χ1) is 12.7. The molecule has 0 atom stereocenters. The summed E-state index contributed by atoms with van der Waals surface area (Å²) in [6.45, 7) is 4.89. The van der Waals surface area contributed by atoms with E-state index >= 15 is 0 Å². The van der Waals surface area contributed by atoms with Gasteiger partial charge in [0.25, 0.3) is 5.79 Å². The molecule has 1 aliphatic heterocycles. The van der Waals surface area contributed by atoms with Crippen LogP contribution in [-0.2, 0) is 23.9 Å². The molecule has 7 heteroatoms. The summed E-state index contributed by atoms with van der Waals surface area (Å²) in [5.74, 6) is -2.77. The van der Waals surface area contributed by atoms with Crippen molar-refractivity contribution in [1.29, 1.82) is 0 Å². The fraction of sp³-hybridized carbons (Fsp3) is 0.450. The minimum absolute atomic E-state index is 0.00899. The molecular weight excluding hydrogens is 348 g/mol. The van der Waals surface area contributed by atoms with Crippen molar-refractivity contribution in [3.63, 3.8) is 0 Å². The number of benzene rings is 1. The predicted molar refractivity (Wildman–Crippen MR) is 99.7 cm³/mol. The number of carbonyl (C=O) groups excluding carboxylic acids is 3. The monoisotopic (exact) mass is 372 g/mol. The van der Waals surface area contributed by atoms with Crippen molar-refractivity contribution in [2.45, 2.75) is 52.2 Å². The highest BCUT2D eigenvalue weighted by atomic mass is 16.7. The number of aryl methyl sites for hydroxylation is 1. The Morgan fingerprint density at radius 2 is 1.74 bits per heavy atom. The van der Waals surface area contributed by atoms with Crippen molar-refractivity contribution >= 4 is 29.2 Å². The fourth-order valence-corrected chi connectivity index (χ4v) is 3.24. The Hall–Kier alpha value is -2.83. The van der Waals surface area contributed by atoms with Crippen LogP contribution in [0.1, 0.15) is 45.1 Å². The first kappa shape index (κ1) is 18.9. The second kappa shape index (κ2) is 7.42. The quantitative estimate of drug-likeness (QED) is 0.479. The van der Waals surface area contributed by atoms with Crippen LogP contribution >= 0.6 is 0 Å². The number of esters is 2. The maximum absolute atomic E-state index is 12.4. The van der Waals surface area contributed by atoms with Crippen molar-refractivity contribution in [2.75, 3.05) is 10.6 Å². The molecule has 0 unspecified atom stereocenters. The third-order valence-corrected chi connectivity index (χ3v) is 4.65. The lowest BCUT2D eigenvalue weighted by Gasteiger charge is -2.29. The summed E-state index contributed by atoms with van der Waals surface area (Å²) in [4.78, 5) is 36.5. The largest absolute Gasteiger partial charge is 0.419 e. The van der Waals surface area contributed by atoms with E-state index in [1.165, 1.54) is 20.0 Å². The summed E-state index contributed by atoms with van der Waals surface area (Å²) in [7, 11) is 0. The van der Waals surface area contributed by atoms with Gasteiger partial charge in [-0.05, 0) is 37.5 Å². The second-order valence-corrected chi connectivity index (χ2v) is 7.40. The molecule has 0 bridgehead atoms. The average Bonchev–Trinajstić information content (AvgIpc) is 3.10. The molecule has 1 aliphatic carbocycles. The van der Waals surface area contributed by atoms with Gasteiger partial charge in [-0.15, -0.1) is 0 Å². The van der Waals surface area contributed by atoms with E-state index in [1.807, 2.05) is 19.1 Å². The summed E-state index contributed by atoms with van der Waals surface area (Å²) in [5, 5.41) is 5.87. The van der Waals surface area contributed by atoms with Crippen LogP contribution < -0.4 is 10.6 Å². The molecule has 0 radical (unpaired) electrons. The van der Waals surface area contributed by atoms with Crippen LogP contribution in [0.3, 0.4) is 0 Å². The Labute approximate surface area is 158 Å². The van der Waals surface area contributed by atoms with Crippen LogP contribution in [0.15, 0.2) is 30.0 Å². The van der Waals surface area contributed by atoms with Gasteiger partial charge >= 0.3 is 11.9 Å². The Morgan fingerprint density at radius 1 is 1.11 bits per heavy atom. The van der Waals surface area contributed by atoms with Gasteiger partial charge < -0.3 is 20.1 Å². The molecule has 144 valence electrons. The molecule has 0 spiro atoms. The van der Waals surface area contributed by atoms with Gasteiger partial charge in [-0.1, -0.05) is 18.9 Å². The zero-order valence-corrected chi connectivity index (χ0v) is 15.8. The Balaban J connectivity index is 1.78. The maximum atomic E-state index is 12.4. The second-order valence-electron chi connectivity index (χ2n) is 7.40. The molecule has 1 saturated heterocycles. The molecule has 1 saturated carbocycles. The van der Waals surface area contributed by atoms with Crippen molar-refractivity contribution in [2.24, 2.45) is 5.92 Å². The number of amides is 1. The SMILES string of the molecule is Cc1ccc(NC(=O)C2CCCC2)c(NC=C2C(=O)OC(C)(C)OC2=O)c1. The highest BCUT2D eigenvalue weighted by molar-refractivity contribution is 6.15. The van der Waals surface area contributed by atoms with Crippen LogP contribution in [0.25, 0.3) is 0 Å². The van der Waals surface area contributed by atoms with Crippen LogP contribution in [0.4, 0.5) is 11.4 Å². The lowest BCUT2D eigenvalue weighted by atomic mass is 10.1. The van der Waals surface area contributed by atoms with E-state index in [2.05, 4.69) is 10.6 Å². The topological polar surface area (TPSA) is 93.7 Å². The van der Waals surface area contributed by atoms with Crippen molar-refractivity contribution in [1.82, 2.24) is 0 Å². The van der Waals surface area contributed by atoms with Gasteiger partial charge in [0.2, 0.25) is 5.91 Å². The van der Waals surface area contributed by atoms with Gasteiger partial charge in [0.1, 0.15) is 0 Å². The summed E-state index contributed by atoms with van der Waals surface area (Å²) >= 11 is 0. The maximum Gasteiger partial charge on any atom is 0.350 e. The van der Waals surface area contributed by atoms with Crippen molar-refractivity contribution in [3.8, 4) is 0 Å². The zero-order valence-electron chi connectivity index (χ0n) is 15.8. The number of cyclic esters (lactones) is 2. The van der Waals surface area contributed by atoms with Gasteiger partial charge in [-0.3, -0.25) is 4.79 Å². The predicted octanol–water partition coefficient (Wildman–Crippen LogP) is 3.26. The van der Waals surface area contributed by atoms with Crippen LogP contribution in [0.5, 0.6) is 0 Å². The summed E-state index contributed by atoms with van der Waals surface area (Å²) in [6, 6.07) is 5.50. The van der Waals surface area contributed by atoms with E-state index < -0.39 is 17.7 Å². The molecule has 7 nitrogen and oxygen atoms in total. The Kier molecular flexibility index (Phi) is 5.21. The van der Waals surface area contributed by atoms with Gasteiger partial charge in [0.05, 0.1) is 11.4 Å². The molecule has 27 heavy (non-hydrogen) atoms. The van der Waals surface area contributed by atoms with Gasteiger partial charge in [-0.25, -0.2) is 9.59 Å². The van der Waals surface area contributed by atoms with Crippen LogP contribution in [-0.4, -0.2) is 23.6 Å². The van der Waals surface area contributed by atoms with E-state index in [0.29, 0.717) is 11.4 Å². The number of anilines is 2. The molecule has 1 aromatic rings. The minimum Gasteiger partial charge on any atom is -0.419 e. The molecular formula is C20H24N2O5. The molecule has 1 aromatic carbocycles. The third-order valence-electron chi connectivity index (χ3n) is 4.65. The van der Waals surface area contributed by atoms with Crippen molar-refractivity contribution < 1.29 is 23.9 Å². The summed E-state index contributed by atoms with van der Waals surface area (Å²) in [5.41, 5.74) is 1.90. The van der Waals surface area contributed by atoms with Crippen LogP contribution in [0.2, 0.25) is 0 Å². The molecule has 1 heterocycles. The van der Waals surface area contributed by atoms with Crippen LogP contribution in [0, 0.1) is 12.8 Å². The van der Waals surface area contributed by atoms with E-state index in [1.54, 1.807) is 6.07 Å². The van der Waals surface area contributed by atoms with Crippen molar-refractivity contribution in [3.05, 3.63) is 35.5 Å².